The van der Waals surface area contributed by atoms with E-state index in [1.807, 2.05) is 18.2 Å². The van der Waals surface area contributed by atoms with Crippen molar-refractivity contribution >= 4 is 34.0 Å². The monoisotopic (exact) mass is 467 g/mol. The Bertz CT molecular complexity index is 1200. The van der Waals surface area contributed by atoms with E-state index in [9.17, 15) is 14.3 Å². The zero-order valence-corrected chi connectivity index (χ0v) is 19.3. The highest BCUT2D eigenvalue weighted by Crippen LogP contribution is 2.39. The van der Waals surface area contributed by atoms with Gasteiger partial charge in [0.05, 0.1) is 21.8 Å². The van der Waals surface area contributed by atoms with E-state index in [-0.39, 0.29) is 16.7 Å². The molecular weight excluding hydrogens is 441 g/mol. The topological polar surface area (TPSA) is 65.5 Å². The van der Waals surface area contributed by atoms with Crippen molar-refractivity contribution in [3.63, 3.8) is 0 Å². The lowest BCUT2D eigenvalue weighted by Crippen LogP contribution is -2.33. The van der Waals surface area contributed by atoms with Crippen molar-refractivity contribution < 1.29 is 14.3 Å². The third-order valence-electron chi connectivity index (χ3n) is 6.84. The summed E-state index contributed by atoms with van der Waals surface area (Å²) in [5.74, 6) is -0.558. The molecule has 5 nitrogen and oxygen atoms in total. The van der Waals surface area contributed by atoms with Crippen molar-refractivity contribution in [1.29, 1.82) is 0 Å². The number of nitrogens with zero attached hydrogens (tertiary/aromatic N) is 2. The van der Waals surface area contributed by atoms with Crippen LogP contribution in [-0.2, 0) is 0 Å². The molecule has 172 valence electrons. The van der Waals surface area contributed by atoms with Gasteiger partial charge in [0.1, 0.15) is 0 Å². The molecule has 1 aromatic heterocycles. The van der Waals surface area contributed by atoms with Gasteiger partial charge in [0, 0.05) is 24.0 Å². The maximum absolute atomic E-state index is 14.1. The number of likely N-dealkylation sites (tertiary alicyclic amines) is 1. The van der Waals surface area contributed by atoms with Crippen LogP contribution in [0.4, 0.5) is 10.1 Å². The standard InChI is InChI=1S/C26H27ClFN3O2/c1-31-8-6-15(7-9-31)13-30-24-19-10-17(18-11-21(27)26(33)22(28)12-18)4-5-23(19)29-14-20(24)25(32)16-2-3-16/h4-5,10-12,14-16,33H,2-3,6-9,13H2,1H3,(H,29,30). The third-order valence-corrected chi connectivity index (χ3v) is 7.13. The number of halogens is 2. The van der Waals surface area contributed by atoms with Crippen LogP contribution in [0.2, 0.25) is 5.02 Å². The molecule has 2 heterocycles. The summed E-state index contributed by atoms with van der Waals surface area (Å²) in [4.78, 5) is 20.0. The Labute approximate surface area is 197 Å². The number of piperidine rings is 1. The van der Waals surface area contributed by atoms with Crippen molar-refractivity contribution in [3.05, 3.63) is 52.9 Å². The lowest BCUT2D eigenvalue weighted by atomic mass is 9.95. The molecule has 1 saturated heterocycles. The SMILES string of the molecule is CN1CCC(CNc2c(C(=O)C3CC3)cnc3ccc(-c4cc(F)c(O)c(Cl)c4)cc23)CC1. The van der Waals surface area contributed by atoms with E-state index in [0.29, 0.717) is 17.0 Å². The van der Waals surface area contributed by atoms with E-state index in [2.05, 4.69) is 22.2 Å². The fraction of sp³-hybridized carbons (Fsp3) is 0.385. The number of Topliss-reactive ketones (excluding diaryl/α,β-unsaturated/α-hetero) is 1. The van der Waals surface area contributed by atoms with Gasteiger partial charge in [-0.1, -0.05) is 17.7 Å². The van der Waals surface area contributed by atoms with Crippen LogP contribution in [0.1, 0.15) is 36.0 Å². The lowest BCUT2D eigenvalue weighted by Gasteiger charge is -2.29. The number of phenols is 1. The Morgan fingerprint density at radius 1 is 1.18 bits per heavy atom. The number of aromatic hydroxyl groups is 1. The van der Waals surface area contributed by atoms with Crippen LogP contribution < -0.4 is 5.32 Å². The van der Waals surface area contributed by atoms with E-state index < -0.39 is 11.6 Å². The number of ketones is 1. The number of carbonyl (C=O) groups is 1. The normalized spacial score (nSPS) is 17.4. The summed E-state index contributed by atoms with van der Waals surface area (Å²) in [5, 5.41) is 14.1. The second kappa shape index (κ2) is 8.92. The summed E-state index contributed by atoms with van der Waals surface area (Å²) in [6.45, 7) is 2.95. The molecule has 1 aliphatic carbocycles. The van der Waals surface area contributed by atoms with Crippen molar-refractivity contribution in [2.75, 3.05) is 32.0 Å². The molecule has 0 bridgehead atoms. The van der Waals surface area contributed by atoms with E-state index in [1.165, 1.54) is 6.07 Å². The summed E-state index contributed by atoms with van der Waals surface area (Å²) in [6.07, 6.45) is 5.79. The minimum absolute atomic E-state index is 0.0403. The van der Waals surface area contributed by atoms with Gasteiger partial charge in [-0.25, -0.2) is 4.39 Å². The van der Waals surface area contributed by atoms with Crippen LogP contribution in [0, 0.1) is 17.7 Å². The van der Waals surface area contributed by atoms with Gasteiger partial charge < -0.3 is 15.3 Å². The maximum Gasteiger partial charge on any atom is 0.170 e. The molecule has 2 fully saturated rings. The smallest absolute Gasteiger partial charge is 0.170 e. The average molecular weight is 468 g/mol. The molecule has 3 aromatic rings. The van der Waals surface area contributed by atoms with Crippen LogP contribution in [0.3, 0.4) is 0 Å². The lowest BCUT2D eigenvalue weighted by molar-refractivity contribution is 0.0968. The van der Waals surface area contributed by atoms with Crippen molar-refractivity contribution in [3.8, 4) is 16.9 Å². The molecule has 0 amide bonds. The largest absolute Gasteiger partial charge is 0.504 e. The molecule has 7 heteroatoms. The van der Waals surface area contributed by atoms with Gasteiger partial charge >= 0.3 is 0 Å². The van der Waals surface area contributed by atoms with E-state index in [4.69, 9.17) is 11.6 Å². The summed E-state index contributed by atoms with van der Waals surface area (Å²) >= 11 is 6.01. The van der Waals surface area contributed by atoms with E-state index >= 15 is 0 Å². The van der Waals surface area contributed by atoms with Crippen LogP contribution in [-0.4, -0.2) is 47.5 Å². The maximum atomic E-state index is 14.1. The average Bonchev–Trinajstić information content (AvgIpc) is 3.66. The minimum Gasteiger partial charge on any atom is -0.504 e. The third kappa shape index (κ3) is 4.55. The second-order valence-corrected chi connectivity index (χ2v) is 9.74. The highest BCUT2D eigenvalue weighted by molar-refractivity contribution is 6.32. The number of pyridine rings is 1. The number of phenolic OH excluding ortho intramolecular Hbond substituents is 1. The summed E-state index contributed by atoms with van der Waals surface area (Å²) in [6, 6.07) is 8.45. The molecule has 0 radical (unpaired) electrons. The molecule has 2 aromatic carbocycles. The molecule has 5 rings (SSSR count). The second-order valence-electron chi connectivity index (χ2n) is 9.33. The fourth-order valence-electron chi connectivity index (χ4n) is 4.56. The summed E-state index contributed by atoms with van der Waals surface area (Å²) in [5.41, 5.74) is 3.50. The number of aromatic nitrogens is 1. The molecule has 2 aliphatic rings. The highest BCUT2D eigenvalue weighted by Gasteiger charge is 2.32. The van der Waals surface area contributed by atoms with Crippen LogP contribution in [0.5, 0.6) is 5.75 Å². The number of nitrogens with one attached hydrogen (secondary N) is 1. The van der Waals surface area contributed by atoms with Crippen LogP contribution in [0.25, 0.3) is 22.0 Å². The van der Waals surface area contributed by atoms with Gasteiger partial charge in [-0.2, -0.15) is 0 Å². The van der Waals surface area contributed by atoms with E-state index in [1.54, 1.807) is 12.3 Å². The Kier molecular flexibility index (Phi) is 5.97. The number of hydrogen-bond acceptors (Lipinski definition) is 5. The predicted octanol–water partition coefficient (Wildman–Crippen LogP) is 5.75. The predicted molar refractivity (Wildman–Crippen MR) is 130 cm³/mol. The first-order valence-electron chi connectivity index (χ1n) is 11.5. The number of benzene rings is 2. The quantitative estimate of drug-likeness (QED) is 0.452. The Morgan fingerprint density at radius 3 is 2.64 bits per heavy atom. The summed E-state index contributed by atoms with van der Waals surface area (Å²) in [7, 11) is 2.15. The number of anilines is 1. The van der Waals surface area contributed by atoms with Gasteiger partial charge in [0.25, 0.3) is 0 Å². The van der Waals surface area contributed by atoms with Gasteiger partial charge in [0.2, 0.25) is 0 Å². The van der Waals surface area contributed by atoms with Gasteiger partial charge in [-0.3, -0.25) is 9.78 Å². The number of fused-ring (bicyclic) bond motifs is 1. The first-order chi connectivity index (χ1) is 15.9. The van der Waals surface area contributed by atoms with Gasteiger partial charge in [0.15, 0.2) is 17.3 Å². The first kappa shape index (κ1) is 22.1. The van der Waals surface area contributed by atoms with Crippen molar-refractivity contribution in [1.82, 2.24) is 9.88 Å². The Balaban J connectivity index is 1.55. The first-order valence-corrected chi connectivity index (χ1v) is 11.9. The Hall–Kier alpha value is -2.70. The van der Waals surface area contributed by atoms with Crippen molar-refractivity contribution in [2.24, 2.45) is 11.8 Å². The molecule has 33 heavy (non-hydrogen) atoms. The summed E-state index contributed by atoms with van der Waals surface area (Å²) < 4.78 is 14.1. The minimum atomic E-state index is -0.769. The molecule has 1 saturated carbocycles. The molecular formula is C26H27ClFN3O2. The zero-order valence-electron chi connectivity index (χ0n) is 18.6. The van der Waals surface area contributed by atoms with Crippen LogP contribution in [0.15, 0.2) is 36.5 Å². The number of carbonyl (C=O) groups excluding carboxylic acids is 1. The van der Waals surface area contributed by atoms with Gasteiger partial charge in [-0.05, 0) is 87.1 Å². The van der Waals surface area contributed by atoms with Crippen molar-refractivity contribution in [2.45, 2.75) is 25.7 Å². The fourth-order valence-corrected chi connectivity index (χ4v) is 4.77. The molecule has 2 N–H and O–H groups in total. The van der Waals surface area contributed by atoms with Gasteiger partial charge in [-0.15, -0.1) is 0 Å². The highest BCUT2D eigenvalue weighted by atomic mass is 35.5. The molecule has 0 unspecified atom stereocenters. The molecule has 0 atom stereocenters. The number of rotatable bonds is 6. The van der Waals surface area contributed by atoms with E-state index in [0.717, 1.165) is 67.5 Å². The molecule has 1 aliphatic heterocycles. The molecule has 0 spiro atoms. The van der Waals surface area contributed by atoms with Crippen LogP contribution >= 0.6 is 11.6 Å². The number of hydrogen-bond donors (Lipinski definition) is 2. The zero-order chi connectivity index (χ0) is 23.1. The Morgan fingerprint density at radius 2 is 1.94 bits per heavy atom.